The van der Waals surface area contributed by atoms with Crippen molar-refractivity contribution in [3.63, 3.8) is 0 Å². The molecule has 1 aliphatic carbocycles. The average molecular weight is 422 g/mol. The van der Waals surface area contributed by atoms with Gasteiger partial charge in [0, 0.05) is 15.5 Å². The van der Waals surface area contributed by atoms with Crippen molar-refractivity contribution < 1.29 is 9.59 Å². The van der Waals surface area contributed by atoms with Gasteiger partial charge < -0.3 is 11.1 Å². The molecule has 0 saturated carbocycles. The summed E-state index contributed by atoms with van der Waals surface area (Å²) in [4.78, 5) is 25.5. The van der Waals surface area contributed by atoms with E-state index in [1.54, 1.807) is 18.2 Å². The largest absolute Gasteiger partial charge is 0.365 e. The zero-order valence-electron chi connectivity index (χ0n) is 15.0. The number of nitrogens with one attached hydrogen (secondary N) is 2. The number of halogens is 1. The second-order valence-corrected chi connectivity index (χ2v) is 8.71. The molecule has 1 atom stereocenters. The molecule has 5 nitrogen and oxygen atoms in total. The highest BCUT2D eigenvalue weighted by atomic mass is 35.5. The monoisotopic (exact) mass is 421 g/mol. The molecular weight excluding hydrogens is 402 g/mol. The predicted octanol–water partition coefficient (Wildman–Crippen LogP) is 4.06. The minimum atomic E-state index is -0.482. The van der Waals surface area contributed by atoms with Gasteiger partial charge in [-0.2, -0.15) is 0 Å². The van der Waals surface area contributed by atoms with Gasteiger partial charge >= 0.3 is 0 Å². The summed E-state index contributed by atoms with van der Waals surface area (Å²) in [6, 6.07) is 5.04. The number of hydrogen-bond donors (Lipinski definition) is 3. The van der Waals surface area contributed by atoms with E-state index in [1.165, 1.54) is 11.3 Å². The summed E-state index contributed by atoms with van der Waals surface area (Å²) in [6.07, 6.45) is 2.77. The summed E-state index contributed by atoms with van der Waals surface area (Å²) in [5.41, 5.74) is 8.38. The number of rotatable bonds is 3. The molecule has 2 amide bonds. The number of amides is 2. The molecule has 0 radical (unpaired) electrons. The van der Waals surface area contributed by atoms with E-state index in [4.69, 9.17) is 29.6 Å². The zero-order valence-corrected chi connectivity index (χ0v) is 17.4. The highest BCUT2D eigenvalue weighted by Crippen LogP contribution is 2.39. The lowest BCUT2D eigenvalue weighted by molar-refractivity contribution is 0.0975. The first-order valence-corrected chi connectivity index (χ1v) is 10.2. The van der Waals surface area contributed by atoms with Crippen LogP contribution in [0.15, 0.2) is 18.2 Å². The van der Waals surface area contributed by atoms with Gasteiger partial charge in [0.1, 0.15) is 5.00 Å². The first-order valence-electron chi connectivity index (χ1n) is 8.59. The third-order valence-electron chi connectivity index (χ3n) is 4.65. The standard InChI is InChI=1S/C19H20ClN3O2S2/c1-9-3-6-12-14(7-9)27-18(15(12)16(21)24)23-19(26)22-17(25)11-5-4-10(2)13(20)8-11/h4-5,8-9H,3,6-7H2,1-2H3,(H2,21,24)(H2,22,23,25,26)/t9-/m1/s1. The Labute approximate surface area is 172 Å². The SMILES string of the molecule is Cc1ccc(C(=O)NC(=S)Nc2sc3c(c2C(N)=O)CC[C@@H](C)C3)cc1Cl. The zero-order chi connectivity index (χ0) is 19.7. The van der Waals surface area contributed by atoms with Crippen LogP contribution in [0.4, 0.5) is 5.00 Å². The van der Waals surface area contributed by atoms with Crippen LogP contribution in [0.2, 0.25) is 5.02 Å². The molecule has 8 heteroatoms. The summed E-state index contributed by atoms with van der Waals surface area (Å²) in [5, 5.41) is 6.82. The van der Waals surface area contributed by atoms with Crippen LogP contribution < -0.4 is 16.4 Å². The van der Waals surface area contributed by atoms with Crippen molar-refractivity contribution >= 4 is 57.1 Å². The Hall–Kier alpha value is -1.96. The van der Waals surface area contributed by atoms with Crippen molar-refractivity contribution in [2.24, 2.45) is 11.7 Å². The minimum Gasteiger partial charge on any atom is -0.365 e. The number of hydrogen-bond acceptors (Lipinski definition) is 4. The van der Waals surface area contributed by atoms with Gasteiger partial charge in [0.15, 0.2) is 5.11 Å². The maximum Gasteiger partial charge on any atom is 0.257 e. The van der Waals surface area contributed by atoms with Crippen molar-refractivity contribution in [3.8, 4) is 0 Å². The van der Waals surface area contributed by atoms with E-state index >= 15 is 0 Å². The van der Waals surface area contributed by atoms with E-state index < -0.39 is 5.91 Å². The number of thiophene rings is 1. The van der Waals surface area contributed by atoms with Crippen LogP contribution in [0.5, 0.6) is 0 Å². The number of anilines is 1. The summed E-state index contributed by atoms with van der Waals surface area (Å²) < 4.78 is 0. The molecule has 0 spiro atoms. The van der Waals surface area contributed by atoms with Gasteiger partial charge in [-0.3, -0.25) is 14.9 Å². The molecule has 27 heavy (non-hydrogen) atoms. The maximum absolute atomic E-state index is 12.4. The Morgan fingerprint density at radius 1 is 1.37 bits per heavy atom. The van der Waals surface area contributed by atoms with Gasteiger partial charge in [-0.1, -0.05) is 24.6 Å². The molecule has 142 valence electrons. The van der Waals surface area contributed by atoms with Crippen LogP contribution in [0, 0.1) is 12.8 Å². The highest BCUT2D eigenvalue weighted by Gasteiger charge is 2.27. The van der Waals surface area contributed by atoms with E-state index in [2.05, 4.69) is 17.6 Å². The van der Waals surface area contributed by atoms with E-state index in [-0.39, 0.29) is 11.0 Å². The quantitative estimate of drug-likeness (QED) is 0.652. The third-order valence-corrected chi connectivity index (χ3v) is 6.43. The number of primary amides is 1. The number of thiocarbonyl (C=S) groups is 1. The molecule has 1 aromatic heterocycles. The Bertz CT molecular complexity index is 939. The van der Waals surface area contributed by atoms with E-state index in [9.17, 15) is 9.59 Å². The summed E-state index contributed by atoms with van der Waals surface area (Å²) in [5.74, 6) is -0.281. The van der Waals surface area contributed by atoms with Gasteiger partial charge in [0.25, 0.3) is 11.8 Å². The van der Waals surface area contributed by atoms with Crippen LogP contribution in [0.1, 0.15) is 50.1 Å². The fraction of sp³-hybridized carbons (Fsp3) is 0.316. The normalized spacial score (nSPS) is 15.7. The molecule has 2 aromatic rings. The molecule has 1 heterocycles. The second kappa shape index (κ2) is 7.96. The van der Waals surface area contributed by atoms with E-state index in [1.807, 2.05) is 6.92 Å². The highest BCUT2D eigenvalue weighted by molar-refractivity contribution is 7.80. The molecule has 1 aromatic carbocycles. The molecule has 0 aliphatic heterocycles. The number of fused-ring (bicyclic) bond motifs is 1. The van der Waals surface area contributed by atoms with Gasteiger partial charge in [-0.25, -0.2) is 0 Å². The second-order valence-electron chi connectivity index (χ2n) is 6.79. The smallest absolute Gasteiger partial charge is 0.257 e. The first-order chi connectivity index (χ1) is 12.8. The Balaban J connectivity index is 1.77. The van der Waals surface area contributed by atoms with E-state index in [0.29, 0.717) is 27.1 Å². The number of nitrogens with two attached hydrogens (primary N) is 1. The predicted molar refractivity (Wildman–Crippen MR) is 114 cm³/mol. The van der Waals surface area contributed by atoms with Gasteiger partial charge in [0.2, 0.25) is 0 Å². The average Bonchev–Trinajstić information content (AvgIpc) is 2.93. The Morgan fingerprint density at radius 2 is 2.11 bits per heavy atom. The van der Waals surface area contributed by atoms with Crippen molar-refractivity contribution in [3.05, 3.63) is 50.4 Å². The Kier molecular flexibility index (Phi) is 5.83. The van der Waals surface area contributed by atoms with Gasteiger partial charge in [-0.05, 0) is 67.6 Å². The van der Waals surface area contributed by atoms with Gasteiger partial charge in [-0.15, -0.1) is 11.3 Å². The number of aryl methyl sites for hydroxylation is 1. The molecule has 0 fully saturated rings. The minimum absolute atomic E-state index is 0.117. The maximum atomic E-state index is 12.4. The molecule has 4 N–H and O–H groups in total. The number of carbonyl (C=O) groups is 2. The topological polar surface area (TPSA) is 84.2 Å². The van der Waals surface area contributed by atoms with Crippen LogP contribution in [-0.4, -0.2) is 16.9 Å². The fourth-order valence-electron chi connectivity index (χ4n) is 3.14. The van der Waals surface area contributed by atoms with Crippen molar-refractivity contribution in [2.75, 3.05) is 5.32 Å². The number of benzene rings is 1. The lowest BCUT2D eigenvalue weighted by atomic mass is 9.88. The lowest BCUT2D eigenvalue weighted by Gasteiger charge is -2.18. The Morgan fingerprint density at radius 3 is 2.78 bits per heavy atom. The third kappa shape index (κ3) is 4.31. The van der Waals surface area contributed by atoms with Crippen molar-refractivity contribution in [1.29, 1.82) is 0 Å². The van der Waals surface area contributed by atoms with Crippen LogP contribution in [-0.2, 0) is 12.8 Å². The van der Waals surface area contributed by atoms with E-state index in [0.717, 1.165) is 35.3 Å². The lowest BCUT2D eigenvalue weighted by Crippen LogP contribution is -2.34. The van der Waals surface area contributed by atoms with Crippen LogP contribution >= 0.6 is 35.2 Å². The molecule has 3 rings (SSSR count). The molecule has 0 saturated heterocycles. The van der Waals surface area contributed by atoms with Crippen LogP contribution in [0.25, 0.3) is 0 Å². The summed E-state index contributed by atoms with van der Waals surface area (Å²) >= 11 is 12.8. The van der Waals surface area contributed by atoms with Crippen molar-refractivity contribution in [2.45, 2.75) is 33.1 Å². The van der Waals surface area contributed by atoms with Crippen LogP contribution in [0.3, 0.4) is 0 Å². The van der Waals surface area contributed by atoms with Crippen molar-refractivity contribution in [1.82, 2.24) is 5.32 Å². The molecule has 0 unspecified atom stereocenters. The summed E-state index contributed by atoms with van der Waals surface area (Å²) in [6.45, 7) is 4.05. The summed E-state index contributed by atoms with van der Waals surface area (Å²) in [7, 11) is 0. The van der Waals surface area contributed by atoms with Gasteiger partial charge in [0.05, 0.1) is 5.56 Å². The fourth-order valence-corrected chi connectivity index (χ4v) is 5.00. The molecule has 1 aliphatic rings. The number of carbonyl (C=O) groups excluding carboxylic acids is 2. The first kappa shape index (κ1) is 19.8. The molecular formula is C19H20ClN3O2S2. The molecule has 0 bridgehead atoms.